The van der Waals surface area contributed by atoms with Crippen LogP contribution in [0.25, 0.3) is 5.82 Å². The van der Waals surface area contributed by atoms with Crippen LogP contribution in [0, 0.1) is 13.8 Å². The molecular weight excluding hydrogens is 374 g/mol. The number of anilines is 1. The van der Waals surface area contributed by atoms with Gasteiger partial charge in [-0.1, -0.05) is 6.07 Å². The summed E-state index contributed by atoms with van der Waals surface area (Å²) in [7, 11) is 0. The van der Waals surface area contributed by atoms with E-state index >= 15 is 0 Å². The average molecular weight is 398 g/mol. The lowest BCUT2D eigenvalue weighted by atomic mass is 10.2. The number of rotatable bonds is 5. The first-order valence-electron chi connectivity index (χ1n) is 9.28. The second-order valence-electron chi connectivity index (χ2n) is 6.79. The third kappa shape index (κ3) is 3.99. The Balaban J connectivity index is 1.47. The van der Waals surface area contributed by atoms with Gasteiger partial charge in [0.15, 0.2) is 5.13 Å². The molecular formula is C20H23N5O2S. The third-order valence-electron chi connectivity index (χ3n) is 4.82. The summed E-state index contributed by atoms with van der Waals surface area (Å²) in [5, 5.41) is 5.56. The summed E-state index contributed by atoms with van der Waals surface area (Å²) in [6.07, 6.45) is 1.75. The number of hydrogen-bond donors (Lipinski definition) is 1. The molecule has 4 rings (SSSR count). The van der Waals surface area contributed by atoms with Crippen LogP contribution in [0.1, 0.15) is 27.4 Å². The smallest absolute Gasteiger partial charge is 0.259 e. The number of nitrogens with zero attached hydrogens (tertiary/aromatic N) is 4. The van der Waals surface area contributed by atoms with Crippen molar-refractivity contribution < 1.29 is 9.53 Å². The molecule has 3 aromatic heterocycles. The first-order valence-corrected chi connectivity index (χ1v) is 10.2. The van der Waals surface area contributed by atoms with E-state index in [1.165, 1.54) is 11.3 Å². The van der Waals surface area contributed by atoms with E-state index < -0.39 is 0 Å². The van der Waals surface area contributed by atoms with E-state index in [4.69, 9.17) is 4.74 Å². The van der Waals surface area contributed by atoms with Crippen LogP contribution in [0.15, 0.2) is 35.8 Å². The van der Waals surface area contributed by atoms with Crippen molar-refractivity contribution in [1.29, 1.82) is 0 Å². The molecule has 1 N–H and O–H groups in total. The Bertz CT molecular complexity index is 960. The zero-order valence-electron chi connectivity index (χ0n) is 16.0. The molecule has 1 aliphatic rings. The molecule has 0 aliphatic carbocycles. The molecule has 7 nitrogen and oxygen atoms in total. The Morgan fingerprint density at radius 1 is 1.29 bits per heavy atom. The van der Waals surface area contributed by atoms with E-state index in [0.29, 0.717) is 10.7 Å². The maximum atomic E-state index is 12.8. The minimum absolute atomic E-state index is 0.150. The van der Waals surface area contributed by atoms with Gasteiger partial charge in [0.25, 0.3) is 5.91 Å². The van der Waals surface area contributed by atoms with Crippen LogP contribution in [-0.2, 0) is 11.3 Å². The molecule has 8 heteroatoms. The second-order valence-corrected chi connectivity index (χ2v) is 7.65. The normalized spacial score (nSPS) is 14.9. The number of hydrogen-bond acceptors (Lipinski definition) is 6. The number of morpholine rings is 1. The number of thiazole rings is 1. The van der Waals surface area contributed by atoms with Gasteiger partial charge in [-0.3, -0.25) is 15.0 Å². The highest BCUT2D eigenvalue weighted by Crippen LogP contribution is 2.22. The predicted octanol–water partition coefficient (Wildman–Crippen LogP) is 3.03. The van der Waals surface area contributed by atoms with Crippen LogP contribution >= 0.6 is 11.3 Å². The molecule has 28 heavy (non-hydrogen) atoms. The quantitative estimate of drug-likeness (QED) is 0.716. The first-order chi connectivity index (χ1) is 13.6. The Kier molecular flexibility index (Phi) is 5.52. The number of aromatic nitrogens is 3. The molecule has 1 fully saturated rings. The maximum absolute atomic E-state index is 12.8. The summed E-state index contributed by atoms with van der Waals surface area (Å²) in [4.78, 5) is 24.1. The van der Waals surface area contributed by atoms with Gasteiger partial charge in [-0.05, 0) is 32.0 Å². The van der Waals surface area contributed by atoms with Gasteiger partial charge in [-0.2, -0.15) is 0 Å². The Morgan fingerprint density at radius 3 is 2.86 bits per heavy atom. The minimum atomic E-state index is -0.150. The third-order valence-corrected chi connectivity index (χ3v) is 5.62. The standard InChI is InChI=1S/C20H23N5O2S/c1-14-11-17(15(2)25(14)18-5-3-4-6-21-18)19(26)23-20-22-16(13-28-20)12-24-7-9-27-10-8-24/h3-6,11,13H,7-10,12H2,1-2H3,(H,22,23,26). The molecule has 0 spiro atoms. The number of aryl methyl sites for hydroxylation is 1. The van der Waals surface area contributed by atoms with Crippen molar-refractivity contribution in [2.75, 3.05) is 31.6 Å². The lowest BCUT2D eigenvalue weighted by molar-refractivity contribution is 0.0337. The number of carbonyl (C=O) groups excluding carboxylic acids is 1. The second kappa shape index (κ2) is 8.22. The van der Waals surface area contributed by atoms with Crippen molar-refractivity contribution in [2.45, 2.75) is 20.4 Å². The van der Waals surface area contributed by atoms with E-state index in [9.17, 15) is 4.79 Å². The lowest BCUT2D eigenvalue weighted by Crippen LogP contribution is -2.35. The van der Waals surface area contributed by atoms with Crippen molar-refractivity contribution in [3.8, 4) is 5.82 Å². The van der Waals surface area contributed by atoms with E-state index in [1.54, 1.807) is 6.20 Å². The topological polar surface area (TPSA) is 72.3 Å². The van der Waals surface area contributed by atoms with Crippen molar-refractivity contribution >= 4 is 22.4 Å². The fourth-order valence-electron chi connectivity index (χ4n) is 3.42. The molecule has 0 aromatic carbocycles. The molecule has 4 heterocycles. The molecule has 3 aromatic rings. The lowest BCUT2D eigenvalue weighted by Gasteiger charge is -2.25. The molecule has 1 aliphatic heterocycles. The highest BCUT2D eigenvalue weighted by atomic mass is 32.1. The number of carbonyl (C=O) groups is 1. The van der Waals surface area contributed by atoms with E-state index in [2.05, 4.69) is 20.2 Å². The number of nitrogens with one attached hydrogen (secondary N) is 1. The minimum Gasteiger partial charge on any atom is -0.379 e. The molecule has 146 valence electrons. The fourth-order valence-corrected chi connectivity index (χ4v) is 4.12. The number of pyridine rings is 1. The van der Waals surface area contributed by atoms with Crippen LogP contribution in [-0.4, -0.2) is 51.6 Å². The van der Waals surface area contributed by atoms with Gasteiger partial charge in [0.1, 0.15) is 5.82 Å². The summed E-state index contributed by atoms with van der Waals surface area (Å²) in [6.45, 7) is 8.05. The van der Waals surface area contributed by atoms with Gasteiger partial charge in [-0.25, -0.2) is 9.97 Å². The Labute approximate surface area is 168 Å². The first kappa shape index (κ1) is 18.8. The van der Waals surface area contributed by atoms with Crippen LogP contribution in [0.3, 0.4) is 0 Å². The molecule has 0 radical (unpaired) electrons. The zero-order chi connectivity index (χ0) is 19.5. The maximum Gasteiger partial charge on any atom is 0.259 e. The molecule has 1 saturated heterocycles. The summed E-state index contributed by atoms with van der Waals surface area (Å²) >= 11 is 1.45. The summed E-state index contributed by atoms with van der Waals surface area (Å²) in [6, 6.07) is 7.64. The van der Waals surface area contributed by atoms with Gasteiger partial charge in [0, 0.05) is 42.6 Å². The fraction of sp³-hybridized carbons (Fsp3) is 0.350. The molecule has 0 saturated carbocycles. The van der Waals surface area contributed by atoms with Crippen LogP contribution < -0.4 is 5.32 Å². The van der Waals surface area contributed by atoms with Crippen molar-refractivity contribution in [3.63, 3.8) is 0 Å². The van der Waals surface area contributed by atoms with E-state index in [1.807, 2.05) is 48.1 Å². The van der Waals surface area contributed by atoms with Gasteiger partial charge >= 0.3 is 0 Å². The Morgan fingerprint density at radius 2 is 2.11 bits per heavy atom. The van der Waals surface area contributed by atoms with Crippen LogP contribution in [0.5, 0.6) is 0 Å². The molecule has 0 unspecified atom stereocenters. The Hall–Kier alpha value is -2.55. The van der Waals surface area contributed by atoms with Crippen molar-refractivity contribution in [1.82, 2.24) is 19.4 Å². The van der Waals surface area contributed by atoms with Gasteiger partial charge in [-0.15, -0.1) is 11.3 Å². The largest absolute Gasteiger partial charge is 0.379 e. The van der Waals surface area contributed by atoms with E-state index in [-0.39, 0.29) is 5.91 Å². The van der Waals surface area contributed by atoms with Crippen LogP contribution in [0.2, 0.25) is 0 Å². The number of amides is 1. The van der Waals surface area contributed by atoms with Crippen LogP contribution in [0.4, 0.5) is 5.13 Å². The summed E-state index contributed by atoms with van der Waals surface area (Å²) in [5.74, 6) is 0.654. The van der Waals surface area contributed by atoms with Crippen molar-refractivity contribution in [3.05, 3.63) is 58.5 Å². The van der Waals surface area contributed by atoms with Gasteiger partial charge in [0.05, 0.1) is 24.5 Å². The van der Waals surface area contributed by atoms with Gasteiger partial charge < -0.3 is 9.30 Å². The zero-order valence-corrected chi connectivity index (χ0v) is 16.8. The monoisotopic (exact) mass is 397 g/mol. The molecule has 0 bridgehead atoms. The molecule has 0 atom stereocenters. The SMILES string of the molecule is Cc1cc(C(=O)Nc2nc(CN3CCOCC3)cs2)c(C)n1-c1ccccn1. The summed E-state index contributed by atoms with van der Waals surface area (Å²) in [5.41, 5.74) is 3.43. The highest BCUT2D eigenvalue weighted by molar-refractivity contribution is 7.14. The van der Waals surface area contributed by atoms with Gasteiger partial charge in [0.2, 0.25) is 0 Å². The average Bonchev–Trinajstić information content (AvgIpc) is 3.26. The number of ether oxygens (including phenoxy) is 1. The molecule has 1 amide bonds. The van der Waals surface area contributed by atoms with E-state index in [0.717, 1.165) is 55.7 Å². The summed E-state index contributed by atoms with van der Waals surface area (Å²) < 4.78 is 7.36. The highest BCUT2D eigenvalue weighted by Gasteiger charge is 2.19. The van der Waals surface area contributed by atoms with Crippen molar-refractivity contribution in [2.24, 2.45) is 0 Å². The predicted molar refractivity (Wildman–Crippen MR) is 109 cm³/mol.